The number of amides is 1. The minimum absolute atomic E-state index is 0.00391. The van der Waals surface area contributed by atoms with Gasteiger partial charge in [-0.25, -0.2) is 4.79 Å². The van der Waals surface area contributed by atoms with E-state index in [2.05, 4.69) is 16.0 Å². The van der Waals surface area contributed by atoms with Crippen molar-refractivity contribution in [3.63, 3.8) is 0 Å². The van der Waals surface area contributed by atoms with E-state index in [0.29, 0.717) is 19.7 Å². The van der Waals surface area contributed by atoms with E-state index >= 15 is 0 Å². The molecule has 1 N–H and O–H groups in total. The summed E-state index contributed by atoms with van der Waals surface area (Å²) in [6, 6.07) is 24.3. The number of carbonyl (C=O) groups is 1. The lowest BCUT2D eigenvalue weighted by Gasteiger charge is -2.32. The molecule has 0 aliphatic carbocycles. The maximum atomic E-state index is 12.6. The number of carbonyl (C=O) groups excluding carboxylic acids is 1. The third-order valence-corrected chi connectivity index (χ3v) is 8.04. The van der Waals surface area contributed by atoms with Crippen LogP contribution in [0, 0.1) is 0 Å². The molecule has 1 saturated heterocycles. The maximum Gasteiger partial charge on any atom is 0.326 e. The molecule has 5 rings (SSSR count). The molecular weight excluding hydrogens is 500 g/mol. The zero-order chi connectivity index (χ0) is 27.9. The molecule has 1 aliphatic heterocycles. The van der Waals surface area contributed by atoms with Crippen molar-refractivity contribution >= 4 is 16.9 Å². The number of aromatic amines is 1. The third-order valence-electron chi connectivity index (χ3n) is 8.04. The molecule has 1 aromatic heterocycles. The number of fused-ring (bicyclic) bond motifs is 1. The third kappa shape index (κ3) is 6.31. The van der Waals surface area contributed by atoms with Gasteiger partial charge in [0.25, 0.3) is 5.91 Å². The highest BCUT2D eigenvalue weighted by Crippen LogP contribution is 2.25. The van der Waals surface area contributed by atoms with E-state index < -0.39 is 0 Å². The van der Waals surface area contributed by atoms with Gasteiger partial charge in [0.1, 0.15) is 5.75 Å². The Bertz CT molecular complexity index is 1460. The Morgan fingerprint density at radius 1 is 0.950 bits per heavy atom. The molecule has 7 nitrogen and oxygen atoms in total. The van der Waals surface area contributed by atoms with Crippen LogP contribution >= 0.6 is 0 Å². The van der Waals surface area contributed by atoms with Crippen molar-refractivity contribution in [2.24, 2.45) is 0 Å². The van der Waals surface area contributed by atoms with Crippen molar-refractivity contribution in [1.82, 2.24) is 19.4 Å². The molecule has 1 fully saturated rings. The fourth-order valence-electron chi connectivity index (χ4n) is 5.78. The zero-order valence-corrected chi connectivity index (χ0v) is 23.6. The fourth-order valence-corrected chi connectivity index (χ4v) is 5.78. The van der Waals surface area contributed by atoms with Gasteiger partial charge in [0.2, 0.25) is 0 Å². The van der Waals surface area contributed by atoms with E-state index in [1.807, 2.05) is 90.0 Å². The lowest BCUT2D eigenvalue weighted by Crippen LogP contribution is -2.37. The number of benzene rings is 3. The van der Waals surface area contributed by atoms with Crippen molar-refractivity contribution < 1.29 is 9.53 Å². The Morgan fingerprint density at radius 3 is 2.40 bits per heavy atom. The molecule has 0 spiro atoms. The molecule has 40 heavy (non-hydrogen) atoms. The molecule has 4 aromatic rings. The lowest BCUT2D eigenvalue weighted by atomic mass is 10.0. The summed E-state index contributed by atoms with van der Waals surface area (Å²) in [5.74, 6) is 1.000. The molecule has 1 aliphatic rings. The average Bonchev–Trinajstić information content (AvgIpc) is 3.33. The van der Waals surface area contributed by atoms with Gasteiger partial charge < -0.3 is 19.5 Å². The summed E-state index contributed by atoms with van der Waals surface area (Å²) in [6.45, 7) is 9.06. The minimum Gasteiger partial charge on any atom is -0.493 e. The Morgan fingerprint density at radius 2 is 1.65 bits per heavy atom. The highest BCUT2D eigenvalue weighted by atomic mass is 16.5. The highest BCUT2D eigenvalue weighted by Gasteiger charge is 2.23. The van der Waals surface area contributed by atoms with Gasteiger partial charge in [-0.05, 0) is 74.6 Å². The topological polar surface area (TPSA) is 70.6 Å². The predicted octanol–water partition coefficient (Wildman–Crippen LogP) is 5.51. The van der Waals surface area contributed by atoms with Crippen LogP contribution in [0.4, 0.5) is 0 Å². The van der Waals surface area contributed by atoms with Gasteiger partial charge in [-0.3, -0.25) is 9.36 Å². The van der Waals surface area contributed by atoms with Gasteiger partial charge in [-0.2, -0.15) is 0 Å². The minimum atomic E-state index is -0.00391. The van der Waals surface area contributed by atoms with Crippen LogP contribution in [0.5, 0.6) is 5.75 Å². The lowest BCUT2D eigenvalue weighted by molar-refractivity contribution is 0.0773. The standard InChI is InChI=1S/C33H40N4O3/c1-3-36(4-2)32(38)26-16-14-25(15-17-26)24-27-10-5-8-13-31(27)40-23-9-20-35-21-18-28(19-22-35)37-30-12-7-6-11-29(30)34-33(37)39/h5-8,10-17,28H,3-4,9,18-24H2,1-2H3,(H,34,39). The SMILES string of the molecule is CCN(CC)C(=O)c1ccc(Cc2ccccc2OCCCN2CCC(n3c(=O)[nH]c4ccccc43)CC2)cc1. The van der Waals surface area contributed by atoms with E-state index in [-0.39, 0.29) is 17.6 Å². The van der Waals surface area contributed by atoms with E-state index in [1.165, 1.54) is 0 Å². The van der Waals surface area contributed by atoms with E-state index in [9.17, 15) is 9.59 Å². The largest absolute Gasteiger partial charge is 0.493 e. The second-order valence-electron chi connectivity index (χ2n) is 10.6. The summed E-state index contributed by atoms with van der Waals surface area (Å²) in [6.07, 6.45) is 3.67. The highest BCUT2D eigenvalue weighted by molar-refractivity contribution is 5.94. The average molecular weight is 541 g/mol. The Hall–Kier alpha value is -3.84. The number of nitrogens with one attached hydrogen (secondary N) is 1. The number of nitrogens with zero attached hydrogens (tertiary/aromatic N) is 3. The van der Waals surface area contributed by atoms with Gasteiger partial charge >= 0.3 is 5.69 Å². The summed E-state index contributed by atoms with van der Waals surface area (Å²) in [7, 11) is 0. The van der Waals surface area contributed by atoms with Gasteiger partial charge in [0.15, 0.2) is 0 Å². The predicted molar refractivity (Wildman–Crippen MR) is 160 cm³/mol. The molecule has 0 bridgehead atoms. The van der Waals surface area contributed by atoms with E-state index in [4.69, 9.17) is 4.74 Å². The zero-order valence-electron chi connectivity index (χ0n) is 23.6. The first kappa shape index (κ1) is 27.7. The van der Waals surface area contributed by atoms with Crippen LogP contribution in [0.2, 0.25) is 0 Å². The summed E-state index contributed by atoms with van der Waals surface area (Å²) >= 11 is 0. The Kier molecular flexibility index (Phi) is 9.01. The molecule has 1 amide bonds. The Labute approximate surface area is 236 Å². The number of rotatable bonds is 11. The molecule has 0 saturated carbocycles. The first-order valence-corrected chi connectivity index (χ1v) is 14.6. The van der Waals surface area contributed by atoms with Gasteiger partial charge in [-0.15, -0.1) is 0 Å². The van der Waals surface area contributed by atoms with Gasteiger partial charge in [-0.1, -0.05) is 42.5 Å². The number of aromatic nitrogens is 2. The number of hydrogen-bond donors (Lipinski definition) is 1. The van der Waals surface area contributed by atoms with Crippen molar-refractivity contribution in [1.29, 1.82) is 0 Å². The van der Waals surface area contributed by atoms with Crippen LogP contribution in [0.3, 0.4) is 0 Å². The molecule has 0 unspecified atom stereocenters. The first-order valence-electron chi connectivity index (χ1n) is 14.6. The van der Waals surface area contributed by atoms with Crippen molar-refractivity contribution in [3.8, 4) is 5.75 Å². The second kappa shape index (κ2) is 13.0. The van der Waals surface area contributed by atoms with Crippen LogP contribution in [0.25, 0.3) is 11.0 Å². The van der Waals surface area contributed by atoms with E-state index in [1.54, 1.807) is 0 Å². The summed E-state index contributed by atoms with van der Waals surface area (Å²) in [5.41, 5.74) is 4.95. The molecule has 2 heterocycles. The van der Waals surface area contributed by atoms with Gasteiger partial charge in [0, 0.05) is 50.7 Å². The number of ether oxygens (including phenoxy) is 1. The van der Waals surface area contributed by atoms with Crippen LogP contribution in [0.15, 0.2) is 77.6 Å². The smallest absolute Gasteiger partial charge is 0.326 e. The maximum absolute atomic E-state index is 12.6. The number of piperidine rings is 1. The number of para-hydroxylation sites is 3. The summed E-state index contributed by atoms with van der Waals surface area (Å²) in [4.78, 5) is 32.5. The van der Waals surface area contributed by atoms with Crippen LogP contribution < -0.4 is 10.4 Å². The monoisotopic (exact) mass is 540 g/mol. The Balaban J connectivity index is 1.09. The second-order valence-corrected chi connectivity index (χ2v) is 10.6. The van der Waals surface area contributed by atoms with E-state index in [0.717, 1.165) is 78.8 Å². The number of H-pyrrole nitrogens is 1. The number of likely N-dealkylation sites (tertiary alicyclic amines) is 1. The van der Waals surface area contributed by atoms with Crippen molar-refractivity contribution in [2.45, 2.75) is 45.6 Å². The van der Waals surface area contributed by atoms with Crippen molar-refractivity contribution in [2.75, 3.05) is 39.3 Å². The summed E-state index contributed by atoms with van der Waals surface area (Å²) in [5, 5.41) is 0. The molecule has 210 valence electrons. The van der Waals surface area contributed by atoms with Crippen LogP contribution in [-0.4, -0.2) is 64.6 Å². The fraction of sp³-hybridized carbons (Fsp3) is 0.394. The van der Waals surface area contributed by atoms with Crippen LogP contribution in [-0.2, 0) is 6.42 Å². The quantitative estimate of drug-likeness (QED) is 0.255. The van der Waals surface area contributed by atoms with Gasteiger partial charge in [0.05, 0.1) is 17.6 Å². The molecular formula is C33H40N4O3. The number of hydrogen-bond acceptors (Lipinski definition) is 4. The van der Waals surface area contributed by atoms with Crippen molar-refractivity contribution in [3.05, 3.63) is 100.0 Å². The molecule has 0 atom stereocenters. The normalized spacial score (nSPS) is 14.4. The molecule has 0 radical (unpaired) electrons. The molecule has 7 heteroatoms. The first-order chi connectivity index (χ1) is 19.6. The molecule has 3 aromatic carbocycles. The number of imidazole rings is 1. The summed E-state index contributed by atoms with van der Waals surface area (Å²) < 4.78 is 8.18. The van der Waals surface area contributed by atoms with Crippen LogP contribution in [0.1, 0.15) is 60.6 Å².